The lowest BCUT2D eigenvalue weighted by molar-refractivity contribution is 0.247. The Bertz CT molecular complexity index is 413. The Labute approximate surface area is 116 Å². The molecule has 1 aromatic heterocycles. The number of nitrogens with two attached hydrogens (primary N) is 1. The smallest absolute Gasteiger partial charge is 0.159 e. The van der Waals surface area contributed by atoms with Gasteiger partial charge in [-0.05, 0) is 42.4 Å². The molecule has 0 aliphatic carbocycles. The van der Waals surface area contributed by atoms with Gasteiger partial charge in [0.05, 0.1) is 0 Å². The van der Waals surface area contributed by atoms with Gasteiger partial charge >= 0.3 is 0 Å². The minimum absolute atomic E-state index is 0.473. The standard InChI is InChI=1S/C11H19BrN6/c1-17-5-3-4-8(6-17)18(2)11-9(12)10(16-13)14-7-15-11/h7-8H,3-6,13H2,1-2H3,(H,14,15,16). The number of nitrogens with zero attached hydrogens (tertiary/aromatic N) is 4. The number of hydrogen-bond acceptors (Lipinski definition) is 6. The summed E-state index contributed by atoms with van der Waals surface area (Å²) >= 11 is 3.50. The van der Waals surface area contributed by atoms with Gasteiger partial charge in [-0.15, -0.1) is 0 Å². The van der Waals surface area contributed by atoms with Gasteiger partial charge in [-0.3, -0.25) is 0 Å². The van der Waals surface area contributed by atoms with Crippen molar-refractivity contribution in [2.24, 2.45) is 5.84 Å². The molecule has 2 rings (SSSR count). The lowest BCUT2D eigenvalue weighted by Gasteiger charge is -2.36. The molecule has 6 nitrogen and oxygen atoms in total. The monoisotopic (exact) mass is 314 g/mol. The normalized spacial score (nSPS) is 20.8. The summed E-state index contributed by atoms with van der Waals surface area (Å²) in [5.41, 5.74) is 2.57. The van der Waals surface area contributed by atoms with Crippen LogP contribution < -0.4 is 16.2 Å². The van der Waals surface area contributed by atoms with E-state index in [0.717, 1.165) is 16.8 Å². The van der Waals surface area contributed by atoms with Crippen molar-refractivity contribution in [3.8, 4) is 0 Å². The van der Waals surface area contributed by atoms with Gasteiger partial charge in [0.15, 0.2) is 5.82 Å². The molecule has 1 unspecified atom stereocenters. The highest BCUT2D eigenvalue weighted by atomic mass is 79.9. The first kappa shape index (κ1) is 13.5. The molecule has 2 heterocycles. The van der Waals surface area contributed by atoms with Crippen LogP contribution in [0.4, 0.5) is 11.6 Å². The van der Waals surface area contributed by atoms with Gasteiger partial charge in [-0.2, -0.15) is 0 Å². The fourth-order valence-electron chi connectivity index (χ4n) is 2.34. The van der Waals surface area contributed by atoms with Crippen molar-refractivity contribution in [1.29, 1.82) is 0 Å². The van der Waals surface area contributed by atoms with E-state index >= 15 is 0 Å². The Kier molecular flexibility index (Phi) is 4.36. The summed E-state index contributed by atoms with van der Waals surface area (Å²) < 4.78 is 0.809. The number of rotatable bonds is 3. The molecule has 18 heavy (non-hydrogen) atoms. The van der Waals surface area contributed by atoms with Crippen LogP contribution in [0.5, 0.6) is 0 Å². The Hall–Kier alpha value is -0.920. The third kappa shape index (κ3) is 2.73. The second kappa shape index (κ2) is 5.81. The van der Waals surface area contributed by atoms with Gasteiger partial charge in [0.2, 0.25) is 0 Å². The fraction of sp³-hybridized carbons (Fsp3) is 0.636. The molecule has 1 atom stereocenters. The highest BCUT2D eigenvalue weighted by molar-refractivity contribution is 9.10. The Balaban J connectivity index is 2.20. The first-order valence-electron chi connectivity index (χ1n) is 6.02. The Morgan fingerprint density at radius 1 is 1.56 bits per heavy atom. The number of aromatic nitrogens is 2. The SMILES string of the molecule is CN1CCCC(N(C)c2ncnc(NN)c2Br)C1. The summed E-state index contributed by atoms with van der Waals surface area (Å²) in [5, 5.41) is 0. The van der Waals surface area contributed by atoms with Crippen LogP contribution in [0, 0.1) is 0 Å². The summed E-state index contributed by atoms with van der Waals surface area (Å²) in [5.74, 6) is 6.90. The number of likely N-dealkylation sites (tertiary alicyclic amines) is 1. The topological polar surface area (TPSA) is 70.3 Å². The molecule has 0 aromatic carbocycles. The van der Waals surface area contributed by atoms with Crippen molar-refractivity contribution in [2.45, 2.75) is 18.9 Å². The van der Waals surface area contributed by atoms with E-state index in [9.17, 15) is 0 Å². The molecular weight excluding hydrogens is 296 g/mol. The third-order valence-corrected chi connectivity index (χ3v) is 4.12. The third-order valence-electron chi connectivity index (χ3n) is 3.39. The van der Waals surface area contributed by atoms with Crippen LogP contribution >= 0.6 is 15.9 Å². The van der Waals surface area contributed by atoms with E-state index in [2.05, 4.69) is 55.2 Å². The van der Waals surface area contributed by atoms with E-state index in [1.54, 1.807) is 0 Å². The zero-order valence-corrected chi connectivity index (χ0v) is 12.3. The van der Waals surface area contributed by atoms with Crippen molar-refractivity contribution < 1.29 is 0 Å². The van der Waals surface area contributed by atoms with E-state index in [1.165, 1.54) is 25.7 Å². The minimum atomic E-state index is 0.473. The molecule has 1 aliphatic heterocycles. The minimum Gasteiger partial charge on any atom is -0.354 e. The second-order valence-electron chi connectivity index (χ2n) is 4.67. The molecule has 3 N–H and O–H groups in total. The number of hydrogen-bond donors (Lipinski definition) is 2. The largest absolute Gasteiger partial charge is 0.354 e. The molecule has 7 heteroatoms. The van der Waals surface area contributed by atoms with Crippen LogP contribution in [0.3, 0.4) is 0 Å². The molecule has 1 aliphatic rings. The van der Waals surface area contributed by atoms with Gasteiger partial charge in [0, 0.05) is 19.6 Å². The van der Waals surface area contributed by atoms with E-state index in [0.29, 0.717) is 11.9 Å². The van der Waals surface area contributed by atoms with Gasteiger partial charge in [0.1, 0.15) is 16.6 Å². The van der Waals surface area contributed by atoms with E-state index in [1.807, 2.05) is 0 Å². The first-order valence-corrected chi connectivity index (χ1v) is 6.81. The maximum atomic E-state index is 5.42. The molecule has 100 valence electrons. The highest BCUT2D eigenvalue weighted by Crippen LogP contribution is 2.30. The van der Waals surface area contributed by atoms with E-state index in [4.69, 9.17) is 5.84 Å². The average molecular weight is 315 g/mol. The lowest BCUT2D eigenvalue weighted by Crippen LogP contribution is -2.45. The van der Waals surface area contributed by atoms with Crippen molar-refractivity contribution in [3.05, 3.63) is 10.8 Å². The van der Waals surface area contributed by atoms with Crippen molar-refractivity contribution in [3.63, 3.8) is 0 Å². The second-order valence-corrected chi connectivity index (χ2v) is 5.47. The summed E-state index contributed by atoms with van der Waals surface area (Å²) in [6.07, 6.45) is 3.93. The quantitative estimate of drug-likeness (QED) is 0.642. The predicted octanol–water partition coefficient (Wildman–Crippen LogP) is 1.06. The number of halogens is 1. The summed E-state index contributed by atoms with van der Waals surface area (Å²) in [4.78, 5) is 13.0. The number of likely N-dealkylation sites (N-methyl/N-ethyl adjacent to an activating group) is 2. The van der Waals surface area contributed by atoms with Crippen LogP contribution in [0.25, 0.3) is 0 Å². The number of nitrogen functional groups attached to an aromatic ring is 1. The maximum Gasteiger partial charge on any atom is 0.159 e. The fourth-order valence-corrected chi connectivity index (χ4v) is 2.93. The molecule has 0 bridgehead atoms. The molecule has 0 saturated carbocycles. The zero-order valence-electron chi connectivity index (χ0n) is 10.7. The Morgan fingerprint density at radius 2 is 2.33 bits per heavy atom. The Morgan fingerprint density at radius 3 is 3.00 bits per heavy atom. The molecule has 1 saturated heterocycles. The predicted molar refractivity (Wildman–Crippen MR) is 76.5 cm³/mol. The van der Waals surface area contributed by atoms with Crippen LogP contribution in [0.2, 0.25) is 0 Å². The number of nitrogens with one attached hydrogen (secondary N) is 1. The van der Waals surface area contributed by atoms with Gasteiger partial charge in [-0.25, -0.2) is 15.8 Å². The van der Waals surface area contributed by atoms with Crippen LogP contribution in [-0.4, -0.2) is 48.1 Å². The van der Waals surface area contributed by atoms with E-state index < -0.39 is 0 Å². The van der Waals surface area contributed by atoms with Gasteiger partial charge in [0.25, 0.3) is 0 Å². The van der Waals surface area contributed by atoms with Crippen LogP contribution in [-0.2, 0) is 0 Å². The number of anilines is 2. The molecule has 1 fully saturated rings. The molecule has 0 spiro atoms. The van der Waals surface area contributed by atoms with Gasteiger partial charge < -0.3 is 15.2 Å². The molecule has 1 aromatic rings. The van der Waals surface area contributed by atoms with E-state index in [-0.39, 0.29) is 0 Å². The first-order chi connectivity index (χ1) is 8.63. The summed E-state index contributed by atoms with van der Waals surface area (Å²) in [6.45, 7) is 2.23. The van der Waals surface area contributed by atoms with Crippen molar-refractivity contribution in [1.82, 2.24) is 14.9 Å². The van der Waals surface area contributed by atoms with Crippen molar-refractivity contribution >= 4 is 27.6 Å². The maximum absolute atomic E-state index is 5.42. The summed E-state index contributed by atoms with van der Waals surface area (Å²) in [6, 6.07) is 0.473. The van der Waals surface area contributed by atoms with Crippen LogP contribution in [0.1, 0.15) is 12.8 Å². The molecule has 0 amide bonds. The highest BCUT2D eigenvalue weighted by Gasteiger charge is 2.24. The average Bonchev–Trinajstić information content (AvgIpc) is 2.38. The molecular formula is C11H19BrN6. The van der Waals surface area contributed by atoms with Crippen LogP contribution in [0.15, 0.2) is 10.8 Å². The zero-order chi connectivity index (χ0) is 13.1. The summed E-state index contributed by atoms with van der Waals surface area (Å²) in [7, 11) is 4.22. The number of hydrazine groups is 1. The van der Waals surface area contributed by atoms with Crippen molar-refractivity contribution in [2.75, 3.05) is 37.5 Å². The number of piperidine rings is 1. The lowest BCUT2D eigenvalue weighted by atomic mass is 10.1. The van der Waals surface area contributed by atoms with Gasteiger partial charge in [-0.1, -0.05) is 0 Å². The molecule has 0 radical (unpaired) electrons.